The van der Waals surface area contributed by atoms with E-state index >= 15 is 0 Å². The van der Waals surface area contributed by atoms with Gasteiger partial charge < -0.3 is 23.8 Å². The van der Waals surface area contributed by atoms with Crippen LogP contribution in [-0.2, 0) is 6.42 Å². The highest BCUT2D eigenvalue weighted by molar-refractivity contribution is 5.98. The van der Waals surface area contributed by atoms with Crippen molar-refractivity contribution in [1.29, 1.82) is 0 Å². The summed E-state index contributed by atoms with van der Waals surface area (Å²) in [5.74, 6) is 1.77. The standard InChI is InChI=1S/C26H26N2O7/c1-32-22-10-6-7-11-23(22)35-16-21-19-15-25(34-3)24(33-2)14-17(19)12-13-27(21)26(29)18-8-4-5-9-20(18)28(30)31/h4-11,14-15,21H,12-13,16H2,1-3H3. The largest absolute Gasteiger partial charge is 0.493 e. The molecule has 1 aliphatic rings. The number of carbonyl (C=O) groups is 1. The highest BCUT2D eigenvalue weighted by Crippen LogP contribution is 2.40. The molecule has 0 fully saturated rings. The minimum Gasteiger partial charge on any atom is -0.493 e. The maximum atomic E-state index is 13.6. The summed E-state index contributed by atoms with van der Waals surface area (Å²) in [6.45, 7) is 0.461. The van der Waals surface area contributed by atoms with Crippen LogP contribution < -0.4 is 18.9 Å². The predicted molar refractivity (Wildman–Crippen MR) is 129 cm³/mol. The highest BCUT2D eigenvalue weighted by Gasteiger charge is 2.35. The van der Waals surface area contributed by atoms with E-state index in [9.17, 15) is 14.9 Å². The zero-order chi connectivity index (χ0) is 24.9. The van der Waals surface area contributed by atoms with E-state index in [0.29, 0.717) is 36.0 Å². The Morgan fingerprint density at radius 3 is 2.26 bits per heavy atom. The van der Waals surface area contributed by atoms with Gasteiger partial charge in [-0.25, -0.2) is 0 Å². The van der Waals surface area contributed by atoms with Gasteiger partial charge in [0.15, 0.2) is 23.0 Å². The van der Waals surface area contributed by atoms with E-state index in [0.717, 1.165) is 11.1 Å². The second-order valence-corrected chi connectivity index (χ2v) is 7.91. The number of nitrogens with zero attached hydrogens (tertiary/aromatic N) is 2. The first kappa shape index (κ1) is 23.9. The van der Waals surface area contributed by atoms with Crippen LogP contribution in [0.25, 0.3) is 0 Å². The van der Waals surface area contributed by atoms with Crippen LogP contribution in [0.5, 0.6) is 23.0 Å². The minimum atomic E-state index is -0.542. The molecule has 35 heavy (non-hydrogen) atoms. The van der Waals surface area contributed by atoms with E-state index in [1.807, 2.05) is 24.3 Å². The van der Waals surface area contributed by atoms with Gasteiger partial charge in [-0.15, -0.1) is 0 Å². The molecule has 1 unspecified atom stereocenters. The molecular weight excluding hydrogens is 452 g/mol. The zero-order valence-corrected chi connectivity index (χ0v) is 19.7. The van der Waals surface area contributed by atoms with Crippen molar-refractivity contribution in [3.05, 3.63) is 87.5 Å². The van der Waals surface area contributed by atoms with E-state index in [-0.39, 0.29) is 17.9 Å². The smallest absolute Gasteiger partial charge is 0.282 e. The fourth-order valence-corrected chi connectivity index (χ4v) is 4.33. The van der Waals surface area contributed by atoms with Gasteiger partial charge in [0.2, 0.25) is 0 Å². The van der Waals surface area contributed by atoms with Gasteiger partial charge in [0.05, 0.1) is 32.3 Å². The molecule has 0 saturated heterocycles. The van der Waals surface area contributed by atoms with Crippen LogP contribution in [0.4, 0.5) is 5.69 Å². The van der Waals surface area contributed by atoms with Crippen molar-refractivity contribution in [3.63, 3.8) is 0 Å². The Balaban J connectivity index is 1.76. The van der Waals surface area contributed by atoms with Crippen LogP contribution in [-0.4, -0.2) is 50.2 Å². The van der Waals surface area contributed by atoms with Crippen LogP contribution in [0.3, 0.4) is 0 Å². The van der Waals surface area contributed by atoms with E-state index < -0.39 is 16.9 Å². The summed E-state index contributed by atoms with van der Waals surface area (Å²) >= 11 is 0. The fourth-order valence-electron chi connectivity index (χ4n) is 4.33. The van der Waals surface area contributed by atoms with Gasteiger partial charge in [-0.1, -0.05) is 24.3 Å². The van der Waals surface area contributed by atoms with Crippen LogP contribution in [0.1, 0.15) is 27.5 Å². The van der Waals surface area contributed by atoms with Crippen LogP contribution in [0.15, 0.2) is 60.7 Å². The zero-order valence-electron chi connectivity index (χ0n) is 19.7. The average Bonchev–Trinajstić information content (AvgIpc) is 2.90. The Morgan fingerprint density at radius 2 is 1.57 bits per heavy atom. The molecule has 4 rings (SSSR count). The average molecular weight is 479 g/mol. The summed E-state index contributed by atoms with van der Waals surface area (Å²) < 4.78 is 22.5. The third-order valence-corrected chi connectivity index (χ3v) is 6.06. The quantitative estimate of drug-likeness (QED) is 0.349. The Morgan fingerprint density at radius 1 is 0.943 bits per heavy atom. The third kappa shape index (κ3) is 4.70. The van der Waals surface area contributed by atoms with Crippen LogP contribution >= 0.6 is 0 Å². The number of hydrogen-bond acceptors (Lipinski definition) is 7. The molecule has 0 aliphatic carbocycles. The Labute approximate surface area is 202 Å². The molecule has 9 nitrogen and oxygen atoms in total. The third-order valence-electron chi connectivity index (χ3n) is 6.06. The molecular formula is C26H26N2O7. The summed E-state index contributed by atoms with van der Waals surface area (Å²) in [7, 11) is 4.67. The predicted octanol–water partition coefficient (Wildman–Crippen LogP) is 4.44. The second kappa shape index (κ2) is 10.3. The number of nitro groups is 1. The first-order valence-corrected chi connectivity index (χ1v) is 11.0. The lowest BCUT2D eigenvalue weighted by atomic mass is 9.91. The molecule has 0 spiro atoms. The van der Waals surface area contributed by atoms with E-state index in [4.69, 9.17) is 18.9 Å². The number of amides is 1. The first-order chi connectivity index (χ1) is 17.0. The summed E-state index contributed by atoms with van der Waals surface area (Å²) in [5, 5.41) is 11.6. The number of carbonyl (C=O) groups excluding carboxylic acids is 1. The van der Waals surface area contributed by atoms with E-state index in [1.165, 1.54) is 12.1 Å². The molecule has 0 N–H and O–H groups in total. The van der Waals surface area contributed by atoms with Gasteiger partial charge in [0, 0.05) is 12.6 Å². The van der Waals surface area contributed by atoms with Crippen molar-refractivity contribution >= 4 is 11.6 Å². The summed E-state index contributed by atoms with van der Waals surface area (Å²) in [6, 6.07) is 16.4. The number of para-hydroxylation sites is 3. The number of hydrogen-bond donors (Lipinski definition) is 0. The van der Waals surface area contributed by atoms with Gasteiger partial charge >= 0.3 is 0 Å². The molecule has 3 aromatic carbocycles. The maximum Gasteiger partial charge on any atom is 0.282 e. The van der Waals surface area contributed by atoms with Gasteiger partial charge in [-0.3, -0.25) is 14.9 Å². The molecule has 1 heterocycles. The first-order valence-electron chi connectivity index (χ1n) is 11.0. The number of nitro benzene ring substituents is 1. The van der Waals surface area contributed by atoms with Gasteiger partial charge in [-0.05, 0) is 47.9 Å². The Kier molecular flexibility index (Phi) is 7.05. The minimum absolute atomic E-state index is 0.0312. The number of rotatable bonds is 8. The maximum absolute atomic E-state index is 13.6. The Bertz CT molecular complexity index is 1240. The molecule has 1 aliphatic heterocycles. The molecule has 0 saturated carbocycles. The molecule has 0 aromatic heterocycles. The number of ether oxygens (including phenoxy) is 4. The topological polar surface area (TPSA) is 100 Å². The second-order valence-electron chi connectivity index (χ2n) is 7.91. The molecule has 3 aromatic rings. The Hall–Kier alpha value is -4.27. The van der Waals surface area contributed by atoms with Gasteiger partial charge in [0.1, 0.15) is 12.2 Å². The van der Waals surface area contributed by atoms with Gasteiger partial charge in [-0.2, -0.15) is 0 Å². The van der Waals surface area contributed by atoms with E-state index in [1.54, 1.807) is 50.5 Å². The van der Waals surface area contributed by atoms with Crippen molar-refractivity contribution in [2.45, 2.75) is 12.5 Å². The number of fused-ring (bicyclic) bond motifs is 1. The SMILES string of the molecule is COc1cc2c(cc1OC)C(COc1ccccc1OC)N(C(=O)c1ccccc1[N+](=O)[O-])CC2. The molecule has 9 heteroatoms. The van der Waals surface area contributed by atoms with Crippen LogP contribution in [0, 0.1) is 10.1 Å². The van der Waals surface area contributed by atoms with Crippen molar-refractivity contribution in [2.75, 3.05) is 34.5 Å². The lowest BCUT2D eigenvalue weighted by Crippen LogP contribution is -2.42. The normalized spacial score (nSPS) is 14.6. The molecule has 1 amide bonds. The van der Waals surface area contributed by atoms with Crippen molar-refractivity contribution in [3.8, 4) is 23.0 Å². The summed E-state index contributed by atoms with van der Waals surface area (Å²) in [5.41, 5.74) is 1.61. The fraction of sp³-hybridized carbons (Fsp3) is 0.269. The molecule has 0 bridgehead atoms. The van der Waals surface area contributed by atoms with Crippen molar-refractivity contribution in [1.82, 2.24) is 4.90 Å². The molecule has 182 valence electrons. The highest BCUT2D eigenvalue weighted by atomic mass is 16.6. The summed E-state index contributed by atoms with van der Waals surface area (Å²) in [6.07, 6.45) is 0.549. The number of benzene rings is 3. The molecule has 0 radical (unpaired) electrons. The summed E-state index contributed by atoms with van der Waals surface area (Å²) in [4.78, 5) is 26.3. The molecule has 1 atom stereocenters. The van der Waals surface area contributed by atoms with E-state index in [2.05, 4.69) is 0 Å². The lowest BCUT2D eigenvalue weighted by molar-refractivity contribution is -0.385. The van der Waals surface area contributed by atoms with Crippen LogP contribution in [0.2, 0.25) is 0 Å². The van der Waals surface area contributed by atoms with Gasteiger partial charge in [0.25, 0.3) is 11.6 Å². The van der Waals surface area contributed by atoms with Crippen molar-refractivity contribution < 1.29 is 28.7 Å². The number of methoxy groups -OCH3 is 3. The monoisotopic (exact) mass is 478 g/mol. The lowest BCUT2D eigenvalue weighted by Gasteiger charge is -2.37. The van der Waals surface area contributed by atoms with Crippen molar-refractivity contribution in [2.24, 2.45) is 0 Å².